The first-order valence-corrected chi connectivity index (χ1v) is 14.2. The molecule has 5 aliphatic rings. The molecule has 2 aromatic rings. The van der Waals surface area contributed by atoms with Gasteiger partial charge in [0.15, 0.2) is 11.5 Å². The van der Waals surface area contributed by atoms with Crippen LogP contribution in [0.15, 0.2) is 36.4 Å². The molecule has 36 heavy (non-hydrogen) atoms. The number of likely N-dealkylation sites (tertiary alicyclic amines) is 1. The second-order valence-electron chi connectivity index (χ2n) is 12.7. The molecular weight excluding hydrogens is 448 g/mol. The van der Waals surface area contributed by atoms with Gasteiger partial charge in [-0.2, -0.15) is 0 Å². The van der Waals surface area contributed by atoms with Gasteiger partial charge in [0.05, 0.1) is 11.0 Å². The van der Waals surface area contributed by atoms with Crippen LogP contribution in [-0.2, 0) is 24.8 Å². The summed E-state index contributed by atoms with van der Waals surface area (Å²) in [4.78, 5) is 2.60. The van der Waals surface area contributed by atoms with Crippen molar-refractivity contribution in [3.63, 3.8) is 0 Å². The summed E-state index contributed by atoms with van der Waals surface area (Å²) < 4.78 is 6.71. The van der Waals surface area contributed by atoms with E-state index in [1.165, 1.54) is 29.5 Å². The summed E-state index contributed by atoms with van der Waals surface area (Å²) in [5.41, 5.74) is 3.88. The van der Waals surface area contributed by atoms with Gasteiger partial charge in [0, 0.05) is 30.7 Å². The third kappa shape index (κ3) is 3.25. The molecular formula is C31H40N2O3. The Morgan fingerprint density at radius 1 is 1.08 bits per heavy atom. The molecule has 2 saturated carbocycles. The topological polar surface area (TPSA) is 65.0 Å². The highest BCUT2D eigenvalue weighted by Gasteiger charge is 2.72. The number of nitrogens with zero attached hydrogens (tertiary/aromatic N) is 1. The molecule has 3 fully saturated rings. The third-order valence-corrected chi connectivity index (χ3v) is 10.1. The lowest BCUT2D eigenvalue weighted by Crippen LogP contribution is -2.78. The number of phenols is 1. The van der Waals surface area contributed by atoms with Crippen molar-refractivity contribution in [1.29, 1.82) is 0 Å². The Kier molecular flexibility index (Phi) is 5.26. The second kappa shape index (κ2) is 8.21. The molecule has 3 N–H and O–H groups in total. The van der Waals surface area contributed by atoms with E-state index in [0.29, 0.717) is 11.7 Å². The summed E-state index contributed by atoms with van der Waals surface area (Å²) in [6, 6.07) is 12.9. The lowest BCUT2D eigenvalue weighted by Gasteiger charge is -2.64. The number of ether oxygens (including phenoxy) is 1. The van der Waals surface area contributed by atoms with Crippen molar-refractivity contribution in [2.75, 3.05) is 13.1 Å². The van der Waals surface area contributed by atoms with E-state index in [-0.39, 0.29) is 23.9 Å². The molecule has 1 saturated heterocycles. The fraction of sp³-hybridized carbons (Fsp3) is 0.613. The Morgan fingerprint density at radius 3 is 2.67 bits per heavy atom. The summed E-state index contributed by atoms with van der Waals surface area (Å²) in [7, 11) is 0. The maximum absolute atomic E-state index is 12.6. The number of hydrogen-bond donors (Lipinski definition) is 3. The Morgan fingerprint density at radius 2 is 1.89 bits per heavy atom. The Labute approximate surface area is 214 Å². The van der Waals surface area contributed by atoms with Gasteiger partial charge in [-0.3, -0.25) is 4.90 Å². The van der Waals surface area contributed by atoms with E-state index in [1.807, 2.05) is 0 Å². The summed E-state index contributed by atoms with van der Waals surface area (Å²) in [6.45, 7) is 7.46. The minimum Gasteiger partial charge on any atom is -0.504 e. The molecule has 7 rings (SSSR count). The largest absolute Gasteiger partial charge is 0.504 e. The van der Waals surface area contributed by atoms with Gasteiger partial charge >= 0.3 is 0 Å². The zero-order valence-corrected chi connectivity index (χ0v) is 21.7. The number of phenolic OH excluding ortho intramolecular Hbond substituents is 1. The highest BCUT2D eigenvalue weighted by Crippen LogP contribution is 2.65. The maximum atomic E-state index is 12.6. The highest BCUT2D eigenvalue weighted by atomic mass is 16.5. The number of aliphatic hydroxyl groups is 1. The SMILES string of the molecule is CC(C)Cc1ccccc1CN[C@H]1CC[C@@]2(O)[C@H]3Cc4ccc(O)c5c4[C@@]2(CCN3CC2CC2)[C@H]1O5. The predicted octanol–water partition coefficient (Wildman–Crippen LogP) is 4.31. The van der Waals surface area contributed by atoms with Crippen LogP contribution in [0.2, 0.25) is 0 Å². The number of hydrogen-bond acceptors (Lipinski definition) is 5. The monoisotopic (exact) mass is 488 g/mol. The number of piperidine rings is 1. The standard InChI is InChI=1S/C31H40N2O3/c1-19(2)15-21-5-3-4-6-23(21)17-32-24-11-12-31(35)26-16-22-9-10-25(34)28-27(22)30(31,29(24)36-28)13-14-33(26)18-20-7-8-20/h3-6,9-10,19-20,24,26,29,32,34-35H,7-8,11-18H2,1-2H3/t24-,26+,29-,30-,31+/m0/s1. The lowest BCUT2D eigenvalue weighted by molar-refractivity contribution is -0.191. The van der Waals surface area contributed by atoms with Crippen molar-refractivity contribution in [3.8, 4) is 11.5 Å². The molecule has 5 atom stereocenters. The zero-order chi connectivity index (χ0) is 24.7. The van der Waals surface area contributed by atoms with E-state index >= 15 is 0 Å². The third-order valence-electron chi connectivity index (χ3n) is 10.1. The van der Waals surface area contributed by atoms with Crippen molar-refractivity contribution in [1.82, 2.24) is 10.2 Å². The lowest BCUT2D eigenvalue weighted by atomic mass is 9.48. The summed E-state index contributed by atoms with van der Waals surface area (Å²) in [5.74, 6) is 2.28. The Balaban J connectivity index is 1.23. The fourth-order valence-corrected chi connectivity index (χ4v) is 8.30. The van der Waals surface area contributed by atoms with Crippen molar-refractivity contribution >= 4 is 0 Å². The molecule has 192 valence electrons. The molecule has 2 bridgehead atoms. The average molecular weight is 489 g/mol. The van der Waals surface area contributed by atoms with Gasteiger partial charge in [-0.25, -0.2) is 0 Å². The first-order chi connectivity index (χ1) is 17.4. The summed E-state index contributed by atoms with van der Waals surface area (Å²) in [6.07, 6.45) is 6.97. The van der Waals surface area contributed by atoms with Crippen LogP contribution in [-0.4, -0.2) is 52.0 Å². The van der Waals surface area contributed by atoms with E-state index in [1.54, 1.807) is 6.07 Å². The molecule has 0 aromatic heterocycles. The van der Waals surface area contributed by atoms with E-state index in [2.05, 4.69) is 54.4 Å². The molecule has 0 radical (unpaired) electrons. The number of nitrogens with one attached hydrogen (secondary N) is 1. The quantitative estimate of drug-likeness (QED) is 0.542. The summed E-state index contributed by atoms with van der Waals surface area (Å²) >= 11 is 0. The number of benzene rings is 2. The fourth-order valence-electron chi connectivity index (χ4n) is 8.30. The number of aromatic hydroxyl groups is 1. The van der Waals surface area contributed by atoms with Crippen LogP contribution >= 0.6 is 0 Å². The van der Waals surface area contributed by atoms with Gasteiger partial charge in [0.1, 0.15) is 6.10 Å². The molecule has 2 aromatic carbocycles. The first-order valence-electron chi connectivity index (χ1n) is 14.2. The van der Waals surface area contributed by atoms with Crippen molar-refractivity contribution in [3.05, 3.63) is 58.7 Å². The van der Waals surface area contributed by atoms with Crippen LogP contribution in [0.4, 0.5) is 0 Å². The van der Waals surface area contributed by atoms with Crippen LogP contribution in [0.5, 0.6) is 11.5 Å². The molecule has 2 heterocycles. The Hall–Kier alpha value is -2.08. The molecule has 1 spiro atoms. The van der Waals surface area contributed by atoms with E-state index in [4.69, 9.17) is 4.74 Å². The van der Waals surface area contributed by atoms with E-state index in [9.17, 15) is 10.2 Å². The molecule has 5 heteroatoms. The van der Waals surface area contributed by atoms with Crippen molar-refractivity contribution in [2.45, 2.75) is 94.5 Å². The number of rotatable bonds is 7. The van der Waals surface area contributed by atoms with Crippen LogP contribution in [0, 0.1) is 11.8 Å². The smallest absolute Gasteiger partial charge is 0.165 e. The van der Waals surface area contributed by atoms with Gasteiger partial charge < -0.3 is 20.3 Å². The second-order valence-corrected chi connectivity index (χ2v) is 12.7. The maximum Gasteiger partial charge on any atom is 0.165 e. The Bertz CT molecular complexity index is 1180. The molecule has 3 aliphatic carbocycles. The zero-order valence-electron chi connectivity index (χ0n) is 21.7. The first kappa shape index (κ1) is 23.1. The van der Waals surface area contributed by atoms with Gasteiger partial charge in [-0.15, -0.1) is 0 Å². The van der Waals surface area contributed by atoms with E-state index in [0.717, 1.165) is 63.2 Å². The predicted molar refractivity (Wildman–Crippen MR) is 140 cm³/mol. The van der Waals surface area contributed by atoms with Crippen LogP contribution < -0.4 is 10.1 Å². The van der Waals surface area contributed by atoms with Crippen molar-refractivity contribution < 1.29 is 14.9 Å². The van der Waals surface area contributed by atoms with E-state index < -0.39 is 11.0 Å². The molecule has 0 amide bonds. The molecule has 2 aliphatic heterocycles. The molecule has 0 unspecified atom stereocenters. The van der Waals surface area contributed by atoms with Crippen molar-refractivity contribution in [2.24, 2.45) is 11.8 Å². The van der Waals surface area contributed by atoms with Crippen LogP contribution in [0.25, 0.3) is 0 Å². The van der Waals surface area contributed by atoms with Gasteiger partial charge in [0.2, 0.25) is 0 Å². The minimum absolute atomic E-state index is 0.130. The van der Waals surface area contributed by atoms with Gasteiger partial charge in [-0.1, -0.05) is 44.2 Å². The summed E-state index contributed by atoms with van der Waals surface area (Å²) in [5, 5.41) is 27.3. The van der Waals surface area contributed by atoms with Crippen LogP contribution in [0.3, 0.4) is 0 Å². The van der Waals surface area contributed by atoms with Gasteiger partial charge in [0.25, 0.3) is 0 Å². The normalized spacial score (nSPS) is 34.5. The highest BCUT2D eigenvalue weighted by molar-refractivity contribution is 5.62. The van der Waals surface area contributed by atoms with Gasteiger partial charge in [-0.05, 0) is 86.1 Å². The van der Waals surface area contributed by atoms with Crippen LogP contribution in [0.1, 0.15) is 68.2 Å². The minimum atomic E-state index is -0.815. The molecule has 5 nitrogen and oxygen atoms in total. The average Bonchev–Trinajstić information content (AvgIpc) is 3.59.